The number of ether oxygens (including phenoxy) is 1. The summed E-state index contributed by atoms with van der Waals surface area (Å²) in [5.41, 5.74) is 2.39. The third-order valence-corrected chi connectivity index (χ3v) is 5.29. The summed E-state index contributed by atoms with van der Waals surface area (Å²) in [7, 11) is 0. The number of H-pyrrole nitrogens is 1. The minimum Gasteiger partial charge on any atom is -0.462 e. The van der Waals surface area contributed by atoms with Crippen molar-refractivity contribution in [3.8, 4) is 0 Å². The lowest BCUT2D eigenvalue weighted by molar-refractivity contribution is 0.0526. The summed E-state index contributed by atoms with van der Waals surface area (Å²) in [4.78, 5) is 26.5. The number of benzene rings is 1. The molecule has 0 aliphatic carbocycles. The standard InChI is InChI=1S/C21H26N6O2/c1-4-29-21(28)19-14(2)16-7-5-6-8-17(16)23-20(19)27-11-9-26(10-12-27)13-18-22-15(3)24-25-18/h5-8H,4,9-13H2,1-3H3,(H,22,24,25). The van der Waals surface area contributed by atoms with Gasteiger partial charge in [0.05, 0.1) is 18.7 Å². The number of anilines is 1. The molecule has 8 heteroatoms. The number of carbonyl (C=O) groups is 1. The predicted octanol–water partition coefficient (Wildman–Crippen LogP) is 2.47. The number of hydrogen-bond acceptors (Lipinski definition) is 7. The van der Waals surface area contributed by atoms with Crippen molar-refractivity contribution in [2.45, 2.75) is 27.3 Å². The maximum atomic E-state index is 12.8. The van der Waals surface area contributed by atoms with Gasteiger partial charge in [-0.25, -0.2) is 14.8 Å². The van der Waals surface area contributed by atoms with Gasteiger partial charge < -0.3 is 9.64 Å². The number of carbonyl (C=O) groups excluding carboxylic acids is 1. The number of aromatic nitrogens is 4. The highest BCUT2D eigenvalue weighted by Gasteiger charge is 2.26. The van der Waals surface area contributed by atoms with Crippen LogP contribution in [-0.4, -0.2) is 63.8 Å². The molecule has 0 radical (unpaired) electrons. The van der Waals surface area contributed by atoms with E-state index in [4.69, 9.17) is 9.72 Å². The van der Waals surface area contributed by atoms with Crippen molar-refractivity contribution in [1.82, 2.24) is 25.1 Å². The first kappa shape index (κ1) is 19.3. The molecule has 1 aromatic carbocycles. The molecule has 3 heterocycles. The Morgan fingerprint density at radius 3 is 2.59 bits per heavy atom. The van der Waals surface area contributed by atoms with Gasteiger partial charge in [-0.15, -0.1) is 0 Å². The summed E-state index contributed by atoms with van der Waals surface area (Å²) in [5, 5.41) is 8.10. The first-order chi connectivity index (χ1) is 14.1. The van der Waals surface area contributed by atoms with E-state index in [-0.39, 0.29) is 5.97 Å². The summed E-state index contributed by atoms with van der Waals surface area (Å²) in [6, 6.07) is 7.93. The summed E-state index contributed by atoms with van der Waals surface area (Å²) in [6.45, 7) is 10.0. The van der Waals surface area contributed by atoms with Crippen molar-refractivity contribution in [2.24, 2.45) is 0 Å². The van der Waals surface area contributed by atoms with E-state index >= 15 is 0 Å². The zero-order valence-corrected chi connectivity index (χ0v) is 17.1. The van der Waals surface area contributed by atoms with E-state index in [1.165, 1.54) is 0 Å². The summed E-state index contributed by atoms with van der Waals surface area (Å²) >= 11 is 0. The van der Waals surface area contributed by atoms with Crippen LogP contribution < -0.4 is 4.90 Å². The highest BCUT2D eigenvalue weighted by atomic mass is 16.5. The van der Waals surface area contributed by atoms with Gasteiger partial charge in [0.25, 0.3) is 0 Å². The highest BCUT2D eigenvalue weighted by Crippen LogP contribution is 2.30. The SMILES string of the molecule is CCOC(=O)c1c(N2CCN(Cc3n[nH]c(C)n3)CC2)nc2ccccc2c1C. The van der Waals surface area contributed by atoms with Gasteiger partial charge in [0, 0.05) is 31.6 Å². The maximum absolute atomic E-state index is 12.8. The van der Waals surface area contributed by atoms with Gasteiger partial charge in [-0.2, -0.15) is 5.10 Å². The zero-order valence-electron chi connectivity index (χ0n) is 17.1. The molecular weight excluding hydrogens is 368 g/mol. The second-order valence-electron chi connectivity index (χ2n) is 7.27. The lowest BCUT2D eigenvalue weighted by Crippen LogP contribution is -2.47. The number of piperazine rings is 1. The molecule has 0 amide bonds. The molecule has 152 valence electrons. The van der Waals surface area contributed by atoms with Gasteiger partial charge in [-0.05, 0) is 32.4 Å². The smallest absolute Gasteiger partial charge is 0.342 e. The Morgan fingerprint density at radius 1 is 1.14 bits per heavy atom. The van der Waals surface area contributed by atoms with Crippen LogP contribution in [0.15, 0.2) is 24.3 Å². The minimum atomic E-state index is -0.308. The Balaban J connectivity index is 1.60. The first-order valence-corrected chi connectivity index (χ1v) is 9.98. The molecule has 1 aliphatic heterocycles. The molecule has 1 N–H and O–H groups in total. The number of nitrogens with one attached hydrogen (secondary N) is 1. The van der Waals surface area contributed by atoms with E-state index in [0.29, 0.717) is 24.5 Å². The van der Waals surface area contributed by atoms with Gasteiger partial charge in [0.2, 0.25) is 0 Å². The van der Waals surface area contributed by atoms with Crippen LogP contribution in [0.2, 0.25) is 0 Å². The Morgan fingerprint density at radius 2 is 1.90 bits per heavy atom. The van der Waals surface area contributed by atoms with Gasteiger partial charge >= 0.3 is 5.97 Å². The fraction of sp³-hybridized carbons (Fsp3) is 0.429. The van der Waals surface area contributed by atoms with E-state index in [9.17, 15) is 4.79 Å². The topological polar surface area (TPSA) is 87.2 Å². The average molecular weight is 394 g/mol. The van der Waals surface area contributed by atoms with Crippen LogP contribution in [0, 0.1) is 13.8 Å². The number of fused-ring (bicyclic) bond motifs is 1. The van der Waals surface area contributed by atoms with E-state index in [0.717, 1.165) is 54.3 Å². The Labute approximate surface area is 169 Å². The third kappa shape index (κ3) is 3.93. The molecule has 8 nitrogen and oxygen atoms in total. The number of aromatic amines is 1. The van der Waals surface area contributed by atoms with E-state index < -0.39 is 0 Å². The normalized spacial score (nSPS) is 15.1. The molecule has 0 saturated carbocycles. The van der Waals surface area contributed by atoms with Crippen molar-refractivity contribution in [2.75, 3.05) is 37.7 Å². The van der Waals surface area contributed by atoms with Gasteiger partial charge in [0.1, 0.15) is 17.2 Å². The summed E-state index contributed by atoms with van der Waals surface area (Å²) in [6.07, 6.45) is 0. The molecule has 0 unspecified atom stereocenters. The second kappa shape index (κ2) is 8.16. The number of aryl methyl sites for hydroxylation is 2. The molecule has 2 aromatic heterocycles. The van der Waals surface area contributed by atoms with Crippen LogP contribution in [0.3, 0.4) is 0 Å². The maximum Gasteiger partial charge on any atom is 0.342 e. The molecule has 0 bridgehead atoms. The molecule has 0 atom stereocenters. The van der Waals surface area contributed by atoms with Crippen LogP contribution in [-0.2, 0) is 11.3 Å². The molecule has 29 heavy (non-hydrogen) atoms. The molecular formula is C21H26N6O2. The van der Waals surface area contributed by atoms with Crippen molar-refractivity contribution >= 4 is 22.7 Å². The van der Waals surface area contributed by atoms with Crippen molar-refractivity contribution in [3.63, 3.8) is 0 Å². The van der Waals surface area contributed by atoms with Crippen molar-refractivity contribution in [3.05, 3.63) is 47.0 Å². The van der Waals surface area contributed by atoms with Gasteiger partial charge in [-0.1, -0.05) is 18.2 Å². The monoisotopic (exact) mass is 394 g/mol. The Kier molecular flexibility index (Phi) is 5.44. The number of pyridine rings is 1. The number of esters is 1. The van der Waals surface area contributed by atoms with E-state index in [2.05, 4.69) is 25.0 Å². The van der Waals surface area contributed by atoms with Gasteiger partial charge in [-0.3, -0.25) is 10.00 Å². The third-order valence-electron chi connectivity index (χ3n) is 5.29. The van der Waals surface area contributed by atoms with E-state index in [1.54, 1.807) is 0 Å². The predicted molar refractivity (Wildman–Crippen MR) is 111 cm³/mol. The lowest BCUT2D eigenvalue weighted by Gasteiger charge is -2.35. The zero-order chi connectivity index (χ0) is 20.4. The number of hydrogen-bond donors (Lipinski definition) is 1. The number of rotatable bonds is 5. The number of nitrogens with zero attached hydrogens (tertiary/aromatic N) is 5. The largest absolute Gasteiger partial charge is 0.462 e. The fourth-order valence-corrected chi connectivity index (χ4v) is 3.81. The second-order valence-corrected chi connectivity index (χ2v) is 7.27. The molecule has 0 spiro atoms. The fourth-order valence-electron chi connectivity index (χ4n) is 3.81. The van der Waals surface area contributed by atoms with Crippen LogP contribution in [0.5, 0.6) is 0 Å². The minimum absolute atomic E-state index is 0.308. The quantitative estimate of drug-likeness (QED) is 0.665. The summed E-state index contributed by atoms with van der Waals surface area (Å²) < 4.78 is 5.36. The van der Waals surface area contributed by atoms with Crippen LogP contribution in [0.1, 0.15) is 34.5 Å². The first-order valence-electron chi connectivity index (χ1n) is 9.98. The number of para-hydroxylation sites is 1. The van der Waals surface area contributed by atoms with Crippen molar-refractivity contribution < 1.29 is 9.53 Å². The molecule has 1 aliphatic rings. The average Bonchev–Trinajstić information content (AvgIpc) is 3.13. The van der Waals surface area contributed by atoms with Crippen LogP contribution in [0.25, 0.3) is 10.9 Å². The van der Waals surface area contributed by atoms with Crippen molar-refractivity contribution in [1.29, 1.82) is 0 Å². The Hall–Kier alpha value is -3.00. The highest BCUT2D eigenvalue weighted by molar-refractivity contribution is 6.02. The lowest BCUT2D eigenvalue weighted by atomic mass is 10.0. The Bertz CT molecular complexity index is 1020. The molecule has 1 saturated heterocycles. The van der Waals surface area contributed by atoms with Crippen LogP contribution in [0.4, 0.5) is 5.82 Å². The van der Waals surface area contributed by atoms with Gasteiger partial charge in [0.15, 0.2) is 5.82 Å². The molecule has 1 fully saturated rings. The molecule has 4 rings (SSSR count). The summed E-state index contributed by atoms with van der Waals surface area (Å²) in [5.74, 6) is 2.04. The van der Waals surface area contributed by atoms with E-state index in [1.807, 2.05) is 45.0 Å². The molecule has 3 aromatic rings. The van der Waals surface area contributed by atoms with Crippen LogP contribution >= 0.6 is 0 Å².